The first-order valence-corrected chi connectivity index (χ1v) is 8.03. The lowest BCUT2D eigenvalue weighted by atomic mass is 9.79. The second-order valence-electron chi connectivity index (χ2n) is 7.66. The van der Waals surface area contributed by atoms with E-state index < -0.39 is 11.9 Å². The van der Waals surface area contributed by atoms with Crippen molar-refractivity contribution in [1.82, 2.24) is 0 Å². The molecule has 5 heteroatoms. The summed E-state index contributed by atoms with van der Waals surface area (Å²) in [6.45, 7) is 13.8. The number of esters is 2. The Morgan fingerprint density at radius 3 is 1.71 bits per heavy atom. The van der Waals surface area contributed by atoms with Crippen molar-refractivity contribution in [3.8, 4) is 11.5 Å². The summed E-state index contributed by atoms with van der Waals surface area (Å²) in [4.78, 5) is 23.8. The van der Waals surface area contributed by atoms with Crippen LogP contribution in [-0.2, 0) is 25.2 Å². The van der Waals surface area contributed by atoms with Gasteiger partial charge in [0.15, 0.2) is 0 Å². The molecule has 0 aromatic heterocycles. The number of benzene rings is 1. The van der Waals surface area contributed by atoms with Gasteiger partial charge in [0.2, 0.25) is 0 Å². The Morgan fingerprint density at radius 1 is 0.917 bits per heavy atom. The first-order chi connectivity index (χ1) is 10.9. The van der Waals surface area contributed by atoms with Crippen molar-refractivity contribution in [2.75, 3.05) is 13.7 Å². The van der Waals surface area contributed by atoms with Gasteiger partial charge in [-0.25, -0.2) is 9.59 Å². The van der Waals surface area contributed by atoms with Gasteiger partial charge in [-0.05, 0) is 29.9 Å². The van der Waals surface area contributed by atoms with Crippen molar-refractivity contribution in [1.29, 1.82) is 0 Å². The minimum Gasteiger partial charge on any atom is -0.497 e. The van der Waals surface area contributed by atoms with Gasteiger partial charge in [0.05, 0.1) is 13.7 Å². The highest BCUT2D eigenvalue weighted by atomic mass is 16.6. The molecule has 24 heavy (non-hydrogen) atoms. The van der Waals surface area contributed by atoms with Gasteiger partial charge in [0.25, 0.3) is 0 Å². The maximum atomic E-state index is 12.1. The molecule has 0 aliphatic rings. The van der Waals surface area contributed by atoms with Crippen LogP contribution in [0.3, 0.4) is 0 Å². The Morgan fingerprint density at radius 2 is 1.38 bits per heavy atom. The van der Waals surface area contributed by atoms with Crippen molar-refractivity contribution in [3.05, 3.63) is 23.3 Å². The normalized spacial score (nSPS) is 11.8. The molecule has 1 rings (SSSR count). The number of carbonyl (C=O) groups excluding carboxylic acids is 2. The van der Waals surface area contributed by atoms with Crippen molar-refractivity contribution >= 4 is 11.9 Å². The summed E-state index contributed by atoms with van der Waals surface area (Å²) >= 11 is 0. The third-order valence-corrected chi connectivity index (χ3v) is 3.55. The summed E-state index contributed by atoms with van der Waals surface area (Å²) in [7, 11) is 1.60. The van der Waals surface area contributed by atoms with Crippen LogP contribution in [0.1, 0.15) is 59.6 Å². The molecular formula is C19H28O5. The van der Waals surface area contributed by atoms with Crippen LogP contribution < -0.4 is 9.47 Å². The van der Waals surface area contributed by atoms with E-state index in [9.17, 15) is 9.59 Å². The molecule has 0 unspecified atom stereocenters. The fraction of sp³-hybridized carbons (Fsp3) is 0.579. The molecule has 0 atom stereocenters. The molecular weight excluding hydrogens is 308 g/mol. The van der Waals surface area contributed by atoms with Gasteiger partial charge in [-0.15, -0.1) is 0 Å². The van der Waals surface area contributed by atoms with Crippen LogP contribution in [0.25, 0.3) is 0 Å². The molecule has 0 N–H and O–H groups in total. The number of methoxy groups -OCH3 is 1. The molecule has 0 fully saturated rings. The lowest BCUT2D eigenvalue weighted by Gasteiger charge is -2.29. The smallest absolute Gasteiger partial charge is 0.422 e. The van der Waals surface area contributed by atoms with Crippen molar-refractivity contribution in [2.45, 2.75) is 59.3 Å². The van der Waals surface area contributed by atoms with Crippen LogP contribution in [0.2, 0.25) is 0 Å². The maximum Gasteiger partial charge on any atom is 0.422 e. The van der Waals surface area contributed by atoms with E-state index in [2.05, 4.69) is 0 Å². The summed E-state index contributed by atoms with van der Waals surface area (Å²) in [5.74, 6) is -0.930. The maximum absolute atomic E-state index is 12.1. The Labute approximate surface area is 144 Å². The molecule has 0 saturated heterocycles. The SMILES string of the molecule is CCOC(=O)C(=O)Oc1c(C(C)(C)C)cc(OC)cc1C(C)(C)C. The highest BCUT2D eigenvalue weighted by Gasteiger charge is 2.31. The van der Waals surface area contributed by atoms with E-state index in [1.807, 2.05) is 53.7 Å². The molecule has 0 amide bonds. The van der Waals surface area contributed by atoms with E-state index in [0.29, 0.717) is 11.5 Å². The number of carbonyl (C=O) groups is 2. The summed E-state index contributed by atoms with van der Waals surface area (Å²) in [6, 6.07) is 3.67. The van der Waals surface area contributed by atoms with E-state index >= 15 is 0 Å². The van der Waals surface area contributed by atoms with Crippen LogP contribution in [0, 0.1) is 0 Å². The number of hydrogen-bond donors (Lipinski definition) is 0. The second-order valence-corrected chi connectivity index (χ2v) is 7.66. The van der Waals surface area contributed by atoms with E-state index in [4.69, 9.17) is 14.2 Å². The Kier molecular flexibility index (Phi) is 6.04. The molecule has 0 bridgehead atoms. The summed E-state index contributed by atoms with van der Waals surface area (Å²) < 4.78 is 15.6. The fourth-order valence-electron chi connectivity index (χ4n) is 2.27. The Balaban J connectivity index is 3.53. The average Bonchev–Trinajstić information content (AvgIpc) is 2.45. The van der Waals surface area contributed by atoms with Crippen molar-refractivity contribution in [2.24, 2.45) is 0 Å². The molecule has 5 nitrogen and oxygen atoms in total. The van der Waals surface area contributed by atoms with E-state index in [-0.39, 0.29) is 17.4 Å². The predicted molar refractivity (Wildman–Crippen MR) is 92.7 cm³/mol. The minimum atomic E-state index is -1.02. The molecule has 0 spiro atoms. The van der Waals surface area contributed by atoms with Gasteiger partial charge in [-0.2, -0.15) is 0 Å². The van der Waals surface area contributed by atoms with Crippen LogP contribution in [-0.4, -0.2) is 25.7 Å². The molecule has 1 aromatic carbocycles. The molecule has 0 radical (unpaired) electrons. The largest absolute Gasteiger partial charge is 0.497 e. The molecule has 0 aliphatic heterocycles. The first-order valence-electron chi connectivity index (χ1n) is 8.03. The highest BCUT2D eigenvalue weighted by Crippen LogP contribution is 2.42. The van der Waals surface area contributed by atoms with Crippen LogP contribution in [0.4, 0.5) is 0 Å². The Bertz CT molecular complexity index is 583. The lowest BCUT2D eigenvalue weighted by molar-refractivity contribution is -0.162. The van der Waals surface area contributed by atoms with Crippen molar-refractivity contribution in [3.63, 3.8) is 0 Å². The predicted octanol–water partition coefficient (Wildman–Crippen LogP) is 3.76. The van der Waals surface area contributed by atoms with Crippen LogP contribution >= 0.6 is 0 Å². The third-order valence-electron chi connectivity index (χ3n) is 3.55. The highest BCUT2D eigenvalue weighted by molar-refractivity contribution is 6.30. The van der Waals surface area contributed by atoms with Gasteiger partial charge in [-0.1, -0.05) is 41.5 Å². The zero-order chi connectivity index (χ0) is 18.7. The zero-order valence-corrected chi connectivity index (χ0v) is 15.9. The standard InChI is InChI=1S/C19H28O5/c1-9-23-16(20)17(21)24-15-13(18(2,3)4)10-12(22-8)11-14(15)19(5,6)7/h10-11H,9H2,1-8H3. The Hall–Kier alpha value is -2.04. The van der Waals surface area contributed by atoms with E-state index in [1.54, 1.807) is 14.0 Å². The monoisotopic (exact) mass is 336 g/mol. The summed E-state index contributed by atoms with van der Waals surface area (Å²) in [6.07, 6.45) is 0. The fourth-order valence-corrected chi connectivity index (χ4v) is 2.27. The zero-order valence-electron chi connectivity index (χ0n) is 15.9. The number of rotatable bonds is 3. The van der Waals surface area contributed by atoms with Gasteiger partial charge in [0, 0.05) is 11.1 Å². The molecule has 0 aliphatic carbocycles. The summed E-state index contributed by atoms with van der Waals surface area (Å²) in [5, 5.41) is 0. The average molecular weight is 336 g/mol. The minimum absolute atomic E-state index is 0.120. The molecule has 0 heterocycles. The summed E-state index contributed by atoms with van der Waals surface area (Å²) in [5.41, 5.74) is 0.978. The lowest BCUT2D eigenvalue weighted by Crippen LogP contribution is -2.27. The van der Waals surface area contributed by atoms with Gasteiger partial charge >= 0.3 is 11.9 Å². The van der Waals surface area contributed by atoms with E-state index in [0.717, 1.165) is 11.1 Å². The third kappa shape index (κ3) is 4.73. The molecule has 134 valence electrons. The number of hydrogen-bond acceptors (Lipinski definition) is 5. The van der Waals surface area contributed by atoms with Gasteiger partial charge < -0.3 is 14.2 Å². The van der Waals surface area contributed by atoms with Gasteiger partial charge in [-0.3, -0.25) is 0 Å². The van der Waals surface area contributed by atoms with E-state index in [1.165, 1.54) is 0 Å². The van der Waals surface area contributed by atoms with Crippen LogP contribution in [0.5, 0.6) is 11.5 Å². The van der Waals surface area contributed by atoms with Crippen molar-refractivity contribution < 1.29 is 23.8 Å². The topological polar surface area (TPSA) is 61.8 Å². The number of ether oxygens (including phenoxy) is 3. The first kappa shape index (κ1) is 20.0. The van der Waals surface area contributed by atoms with Crippen LogP contribution in [0.15, 0.2) is 12.1 Å². The van der Waals surface area contributed by atoms with Gasteiger partial charge in [0.1, 0.15) is 11.5 Å². The molecule has 0 saturated carbocycles. The quantitative estimate of drug-likeness (QED) is 0.478. The molecule has 1 aromatic rings. The second kappa shape index (κ2) is 7.24.